The summed E-state index contributed by atoms with van der Waals surface area (Å²) in [5.41, 5.74) is 0.843. The Hall–Kier alpha value is -0.120. The molecular formula is C13H7BrCl4O. The number of ether oxygens (including phenoxy) is 1. The molecule has 2 rings (SSSR count). The Morgan fingerprint density at radius 1 is 0.947 bits per heavy atom. The van der Waals surface area contributed by atoms with Crippen LogP contribution in [0.5, 0.6) is 11.5 Å². The molecule has 0 spiro atoms. The molecule has 0 aliphatic rings. The van der Waals surface area contributed by atoms with E-state index in [1.54, 1.807) is 30.3 Å². The van der Waals surface area contributed by atoms with Crippen molar-refractivity contribution in [1.29, 1.82) is 0 Å². The Kier molecular flexibility index (Phi) is 5.27. The molecule has 0 amide bonds. The van der Waals surface area contributed by atoms with Gasteiger partial charge in [-0.05, 0) is 39.7 Å². The van der Waals surface area contributed by atoms with Gasteiger partial charge >= 0.3 is 0 Å². The minimum atomic E-state index is 0.351. The largest absolute Gasteiger partial charge is 0.456 e. The summed E-state index contributed by atoms with van der Waals surface area (Å²) in [6, 6.07) is 8.58. The predicted octanol–water partition coefficient (Wildman–Crippen LogP) is 6.94. The van der Waals surface area contributed by atoms with Crippen LogP contribution in [0.3, 0.4) is 0 Å². The fourth-order valence-electron chi connectivity index (χ4n) is 1.41. The van der Waals surface area contributed by atoms with Crippen LogP contribution in [0.1, 0.15) is 5.56 Å². The number of alkyl halides is 1. The van der Waals surface area contributed by atoms with Crippen molar-refractivity contribution in [1.82, 2.24) is 0 Å². The smallest absolute Gasteiger partial charge is 0.147 e. The van der Waals surface area contributed by atoms with Gasteiger partial charge in [0.15, 0.2) is 0 Å². The average Bonchev–Trinajstić information content (AvgIpc) is 2.36. The van der Waals surface area contributed by atoms with E-state index in [-0.39, 0.29) is 0 Å². The molecule has 6 heteroatoms. The molecule has 100 valence electrons. The maximum Gasteiger partial charge on any atom is 0.147 e. The van der Waals surface area contributed by atoms with E-state index >= 15 is 0 Å². The van der Waals surface area contributed by atoms with E-state index in [2.05, 4.69) is 15.9 Å². The number of hydrogen-bond acceptors (Lipinski definition) is 1. The van der Waals surface area contributed by atoms with Gasteiger partial charge in [-0.15, -0.1) is 11.6 Å². The lowest BCUT2D eigenvalue weighted by atomic mass is 10.2. The lowest BCUT2D eigenvalue weighted by Crippen LogP contribution is -1.88. The minimum Gasteiger partial charge on any atom is -0.456 e. The zero-order valence-electron chi connectivity index (χ0n) is 9.39. The zero-order chi connectivity index (χ0) is 14.0. The monoisotopic (exact) mass is 398 g/mol. The Bertz CT molecular complexity index is 616. The first kappa shape index (κ1) is 15.3. The third-order valence-corrected chi connectivity index (χ3v) is 4.50. The Morgan fingerprint density at radius 3 is 2.32 bits per heavy atom. The second-order valence-electron chi connectivity index (χ2n) is 3.69. The highest BCUT2D eigenvalue weighted by molar-refractivity contribution is 9.10. The fraction of sp³-hybridized carbons (Fsp3) is 0.0769. The van der Waals surface area contributed by atoms with E-state index in [4.69, 9.17) is 51.1 Å². The minimum absolute atomic E-state index is 0.351. The molecule has 1 nitrogen and oxygen atoms in total. The van der Waals surface area contributed by atoms with Crippen molar-refractivity contribution < 1.29 is 4.74 Å². The molecule has 0 aliphatic heterocycles. The van der Waals surface area contributed by atoms with Gasteiger partial charge in [-0.3, -0.25) is 0 Å². The van der Waals surface area contributed by atoms with E-state index in [0.717, 1.165) is 5.56 Å². The van der Waals surface area contributed by atoms with Crippen molar-refractivity contribution in [2.24, 2.45) is 0 Å². The highest BCUT2D eigenvalue weighted by Gasteiger charge is 2.09. The van der Waals surface area contributed by atoms with E-state index in [9.17, 15) is 0 Å². The van der Waals surface area contributed by atoms with Crippen molar-refractivity contribution >= 4 is 62.3 Å². The van der Waals surface area contributed by atoms with Crippen LogP contribution in [0.2, 0.25) is 15.1 Å². The van der Waals surface area contributed by atoms with Crippen LogP contribution < -0.4 is 4.74 Å². The van der Waals surface area contributed by atoms with Crippen LogP contribution in [0.15, 0.2) is 34.8 Å². The van der Waals surface area contributed by atoms with Crippen molar-refractivity contribution in [3.05, 3.63) is 55.4 Å². The number of rotatable bonds is 3. The molecular weight excluding hydrogens is 394 g/mol. The Labute approximate surface area is 139 Å². The van der Waals surface area contributed by atoms with Gasteiger partial charge in [0, 0.05) is 21.4 Å². The van der Waals surface area contributed by atoms with Crippen LogP contribution >= 0.6 is 62.3 Å². The molecule has 0 aromatic heterocycles. The van der Waals surface area contributed by atoms with E-state index < -0.39 is 0 Å². The molecule has 0 fully saturated rings. The second kappa shape index (κ2) is 6.55. The third kappa shape index (κ3) is 3.71. The molecule has 2 aromatic carbocycles. The summed E-state index contributed by atoms with van der Waals surface area (Å²) < 4.78 is 6.37. The predicted molar refractivity (Wildman–Crippen MR) is 85.2 cm³/mol. The first-order chi connectivity index (χ1) is 9.01. The molecule has 0 N–H and O–H groups in total. The van der Waals surface area contributed by atoms with Gasteiger partial charge in [-0.2, -0.15) is 0 Å². The van der Waals surface area contributed by atoms with E-state index in [0.29, 0.717) is 36.9 Å². The summed E-state index contributed by atoms with van der Waals surface area (Å²) in [4.78, 5) is 0. The second-order valence-corrected chi connectivity index (χ2v) is 6.03. The maximum atomic E-state index is 6.08. The van der Waals surface area contributed by atoms with Gasteiger partial charge in [-0.25, -0.2) is 0 Å². The summed E-state index contributed by atoms with van der Waals surface area (Å²) >= 11 is 27.2. The maximum absolute atomic E-state index is 6.08. The van der Waals surface area contributed by atoms with Gasteiger partial charge in [0.25, 0.3) is 0 Å². The molecule has 19 heavy (non-hydrogen) atoms. The molecule has 0 saturated carbocycles. The van der Waals surface area contributed by atoms with Crippen molar-refractivity contribution in [3.63, 3.8) is 0 Å². The van der Waals surface area contributed by atoms with Crippen LogP contribution in [-0.2, 0) is 5.88 Å². The quantitative estimate of drug-likeness (QED) is 0.400. The van der Waals surface area contributed by atoms with E-state index in [1.165, 1.54) is 0 Å². The standard InChI is InChI=1S/C13H7BrCl4O/c14-9-4-12(18)13(5-11(9)17)19-8-2-1-7(6-15)10(16)3-8/h1-5H,6H2. The summed E-state index contributed by atoms with van der Waals surface area (Å²) in [6.07, 6.45) is 0. The zero-order valence-corrected chi connectivity index (χ0v) is 14.0. The van der Waals surface area contributed by atoms with Gasteiger partial charge in [-0.1, -0.05) is 40.9 Å². The third-order valence-electron chi connectivity index (χ3n) is 2.37. The molecule has 0 bridgehead atoms. The lowest BCUT2D eigenvalue weighted by molar-refractivity contribution is 0.483. The first-order valence-corrected chi connectivity index (χ1v) is 7.64. The van der Waals surface area contributed by atoms with Gasteiger partial charge in [0.2, 0.25) is 0 Å². The van der Waals surface area contributed by atoms with Crippen molar-refractivity contribution in [2.45, 2.75) is 5.88 Å². The highest BCUT2D eigenvalue weighted by Crippen LogP contribution is 2.37. The molecule has 0 atom stereocenters. The number of hydrogen-bond donors (Lipinski definition) is 0. The number of benzene rings is 2. The summed E-state index contributed by atoms with van der Waals surface area (Å²) in [6.45, 7) is 0. The van der Waals surface area contributed by atoms with Crippen LogP contribution in [0.25, 0.3) is 0 Å². The summed E-state index contributed by atoms with van der Waals surface area (Å²) in [5, 5.41) is 1.52. The van der Waals surface area contributed by atoms with Crippen LogP contribution in [-0.4, -0.2) is 0 Å². The normalized spacial score (nSPS) is 10.6. The average molecular weight is 401 g/mol. The molecule has 0 aliphatic carbocycles. The van der Waals surface area contributed by atoms with Crippen LogP contribution in [0.4, 0.5) is 0 Å². The molecule has 2 aromatic rings. The van der Waals surface area contributed by atoms with Crippen LogP contribution in [0, 0.1) is 0 Å². The molecule has 0 heterocycles. The molecule has 0 saturated heterocycles. The summed E-state index contributed by atoms with van der Waals surface area (Å²) in [5.74, 6) is 1.38. The van der Waals surface area contributed by atoms with E-state index in [1.807, 2.05) is 0 Å². The summed E-state index contributed by atoms with van der Waals surface area (Å²) in [7, 11) is 0. The van der Waals surface area contributed by atoms with Gasteiger partial charge in [0.05, 0.1) is 10.0 Å². The fourth-order valence-corrected chi connectivity index (χ4v) is 2.78. The van der Waals surface area contributed by atoms with Crippen molar-refractivity contribution in [3.8, 4) is 11.5 Å². The SMILES string of the molecule is ClCc1ccc(Oc2cc(Cl)c(Br)cc2Cl)cc1Cl. The van der Waals surface area contributed by atoms with Crippen molar-refractivity contribution in [2.75, 3.05) is 0 Å². The Balaban J connectivity index is 2.31. The van der Waals surface area contributed by atoms with Gasteiger partial charge in [0.1, 0.15) is 11.5 Å². The topological polar surface area (TPSA) is 9.23 Å². The molecule has 0 unspecified atom stereocenters. The lowest BCUT2D eigenvalue weighted by Gasteiger charge is -2.10. The first-order valence-electron chi connectivity index (χ1n) is 5.18. The van der Waals surface area contributed by atoms with Gasteiger partial charge < -0.3 is 4.74 Å². The Morgan fingerprint density at radius 2 is 1.68 bits per heavy atom. The number of halogens is 5. The highest BCUT2D eigenvalue weighted by atomic mass is 79.9. The molecule has 0 radical (unpaired) electrons.